The number of H-pyrrole nitrogens is 1. The highest BCUT2D eigenvalue weighted by atomic mass is 32.2. The molecule has 1 fully saturated rings. The quantitative estimate of drug-likeness (QED) is 0.0275. The molecule has 284 valence electrons. The maximum atomic E-state index is 13.3. The summed E-state index contributed by atoms with van der Waals surface area (Å²) in [6.07, 6.45) is 3.12. The van der Waals surface area contributed by atoms with Crippen molar-refractivity contribution >= 4 is 50.4 Å². The van der Waals surface area contributed by atoms with Crippen molar-refractivity contribution in [2.75, 3.05) is 18.9 Å². The molecular formula is C30H39N12O9S2+. The number of aromatic nitrogens is 7. The molecule has 0 saturated carbocycles. The summed E-state index contributed by atoms with van der Waals surface area (Å²) in [5, 5.41) is 24.5. The molecule has 0 bridgehead atoms. The lowest BCUT2D eigenvalue weighted by Crippen LogP contribution is -2.71. The average Bonchev–Trinajstić information content (AvgIpc) is 3.85. The smallest absolute Gasteiger partial charge is 0.407 e. The molecule has 21 nitrogen and oxygen atoms in total. The molecule has 0 spiro atoms. The number of β-lactam (4-membered cyclic amide) rings is 1. The first-order valence-electron chi connectivity index (χ1n) is 16.1. The minimum Gasteiger partial charge on any atom is -0.489 e. The van der Waals surface area contributed by atoms with E-state index in [0.29, 0.717) is 25.3 Å². The Hall–Kier alpha value is -5.68. The zero-order valence-electron chi connectivity index (χ0n) is 29.3. The van der Waals surface area contributed by atoms with Crippen molar-refractivity contribution in [1.82, 2.24) is 45.2 Å². The summed E-state index contributed by atoms with van der Waals surface area (Å²) in [6, 6.07) is 4.93. The van der Waals surface area contributed by atoms with E-state index in [1.54, 1.807) is 12.1 Å². The molecule has 3 aromatic heterocycles. The Kier molecular flexibility index (Phi) is 11.6. The van der Waals surface area contributed by atoms with Crippen LogP contribution in [0.3, 0.4) is 0 Å². The molecular weight excluding hydrogens is 737 g/mol. The molecule has 0 radical (unpaired) electrons. The van der Waals surface area contributed by atoms with Crippen molar-refractivity contribution in [3.63, 3.8) is 0 Å². The fourth-order valence-corrected chi connectivity index (χ4v) is 6.51. The van der Waals surface area contributed by atoms with Crippen LogP contribution < -0.4 is 25.8 Å². The van der Waals surface area contributed by atoms with E-state index in [1.807, 2.05) is 61.7 Å². The zero-order chi connectivity index (χ0) is 38.5. The van der Waals surface area contributed by atoms with Gasteiger partial charge in [-0.1, -0.05) is 22.5 Å². The second-order valence-corrected chi connectivity index (χ2v) is 14.9. The summed E-state index contributed by atoms with van der Waals surface area (Å²) >= 11 is 1.02. The number of ether oxygens (including phenoxy) is 2. The number of oxime groups is 1. The van der Waals surface area contributed by atoms with Crippen LogP contribution in [0.4, 0.5) is 9.93 Å². The Morgan fingerprint density at radius 1 is 1.23 bits per heavy atom. The number of nitrogens with two attached hydrogens (primary N) is 1. The number of tetrazole rings is 1. The Labute approximate surface area is 307 Å². The molecule has 3 atom stereocenters. The molecule has 1 saturated heterocycles. The van der Waals surface area contributed by atoms with Crippen molar-refractivity contribution in [3.05, 3.63) is 53.6 Å². The van der Waals surface area contributed by atoms with E-state index in [1.165, 1.54) is 12.3 Å². The number of nitrogen functional groups attached to an aromatic ring is 1. The number of rotatable bonds is 15. The van der Waals surface area contributed by atoms with Gasteiger partial charge < -0.3 is 30.7 Å². The largest absolute Gasteiger partial charge is 0.489 e. The first-order valence-corrected chi connectivity index (χ1v) is 18.3. The van der Waals surface area contributed by atoms with Crippen molar-refractivity contribution < 1.29 is 46.3 Å². The SMILES string of the molecule is C[C@H]1[C@H](NC(=O)/C(=N\OC(COc2ccc(-c3cn(CCCNC(=O)OC(C)(C)C)[n+](C)c3)cc2)c2nn[nH]n2)c2csc(N)n2)C(=O)N1S(=O)(=O)O. The fraction of sp³-hybridized carbons (Fsp3) is 0.433. The lowest BCUT2D eigenvalue weighted by molar-refractivity contribution is -0.753. The number of benzene rings is 1. The van der Waals surface area contributed by atoms with Crippen LogP contribution >= 0.6 is 11.3 Å². The third-order valence-corrected chi connectivity index (χ3v) is 9.30. The molecule has 1 aromatic carbocycles. The molecule has 4 aromatic rings. The molecule has 23 heteroatoms. The maximum absolute atomic E-state index is 13.3. The molecule has 1 aliphatic heterocycles. The fourth-order valence-electron chi connectivity index (χ4n) is 5.08. The van der Waals surface area contributed by atoms with Gasteiger partial charge in [-0.05, 0) is 51.8 Å². The minimum atomic E-state index is -4.81. The number of anilines is 1. The molecule has 4 heterocycles. The van der Waals surface area contributed by atoms with E-state index in [9.17, 15) is 27.4 Å². The summed E-state index contributed by atoms with van der Waals surface area (Å²) in [6.45, 7) is 7.71. The van der Waals surface area contributed by atoms with Gasteiger partial charge in [0.05, 0.1) is 24.3 Å². The number of aryl methyl sites for hydroxylation is 2. The van der Waals surface area contributed by atoms with Crippen molar-refractivity contribution in [2.24, 2.45) is 12.2 Å². The summed E-state index contributed by atoms with van der Waals surface area (Å²) in [5.74, 6) is -1.45. The minimum absolute atomic E-state index is 0.0131. The van der Waals surface area contributed by atoms with Crippen LogP contribution in [0.2, 0.25) is 0 Å². The maximum Gasteiger partial charge on any atom is 0.407 e. The number of amides is 3. The highest BCUT2D eigenvalue weighted by Gasteiger charge is 2.51. The normalized spacial score (nSPS) is 16.8. The van der Waals surface area contributed by atoms with Gasteiger partial charge in [0.1, 0.15) is 29.7 Å². The lowest BCUT2D eigenvalue weighted by atomic mass is 10.0. The number of hydrogen-bond donors (Lipinski definition) is 5. The number of nitrogens with zero attached hydrogens (tertiary/aromatic N) is 8. The predicted molar refractivity (Wildman–Crippen MR) is 186 cm³/mol. The van der Waals surface area contributed by atoms with Gasteiger partial charge in [-0.2, -0.15) is 18.3 Å². The number of aromatic amines is 1. The second-order valence-electron chi connectivity index (χ2n) is 12.7. The Morgan fingerprint density at radius 3 is 2.57 bits per heavy atom. The topological polar surface area (TPSA) is 275 Å². The number of thiazole rings is 1. The number of nitrogens with one attached hydrogen (secondary N) is 3. The molecule has 1 aliphatic rings. The standard InChI is InChI=1S/C30H38N12O9S2/c1-17-23(27(44)42(17)53(46,47)48)34-26(43)24(21-16-52-28(31)33-21)37-51-22(25-35-38-39-36-25)15-49-20-9-7-18(8-10-20)19-13-40(5)41(14-19)12-6-11-32-29(45)50-30(2,3)4/h7-10,13-14,16-17,22-23H,6,11-12,15H2,1-5H3,(H5-,31,32,33,34,35,36,38,39,43,45,46,47,48)/p+1/b37-24-/t17-,22?,23-/m0/s1. The zero-order valence-corrected chi connectivity index (χ0v) is 30.9. The summed E-state index contributed by atoms with van der Waals surface area (Å²) in [7, 11) is -2.89. The van der Waals surface area contributed by atoms with Gasteiger partial charge in [0.15, 0.2) is 17.9 Å². The Bertz CT molecular complexity index is 2060. The van der Waals surface area contributed by atoms with E-state index in [4.69, 9.17) is 20.0 Å². The lowest BCUT2D eigenvalue weighted by Gasteiger charge is -2.42. The van der Waals surface area contributed by atoms with Gasteiger partial charge in [-0.3, -0.25) is 14.1 Å². The molecule has 53 heavy (non-hydrogen) atoms. The first-order chi connectivity index (χ1) is 25.0. The molecule has 0 aliphatic carbocycles. The van der Waals surface area contributed by atoms with Crippen LogP contribution in [0.1, 0.15) is 51.7 Å². The second kappa shape index (κ2) is 15.9. The van der Waals surface area contributed by atoms with Crippen LogP contribution in [0.25, 0.3) is 11.1 Å². The highest BCUT2D eigenvalue weighted by Crippen LogP contribution is 2.25. The van der Waals surface area contributed by atoms with Gasteiger partial charge in [-0.15, -0.1) is 26.2 Å². The monoisotopic (exact) mass is 775 g/mol. The van der Waals surface area contributed by atoms with Gasteiger partial charge in [-0.25, -0.2) is 14.1 Å². The van der Waals surface area contributed by atoms with E-state index in [2.05, 4.69) is 41.4 Å². The molecule has 3 amide bonds. The van der Waals surface area contributed by atoms with Crippen LogP contribution in [0.15, 0.2) is 47.2 Å². The van der Waals surface area contributed by atoms with E-state index >= 15 is 0 Å². The molecule has 6 N–H and O–H groups in total. The molecule has 1 unspecified atom stereocenters. The highest BCUT2D eigenvalue weighted by molar-refractivity contribution is 7.84. The third-order valence-electron chi connectivity index (χ3n) is 7.61. The number of carbonyl (C=O) groups is 3. The third kappa shape index (κ3) is 9.81. The van der Waals surface area contributed by atoms with Crippen molar-refractivity contribution in [1.29, 1.82) is 0 Å². The first kappa shape index (κ1) is 38.5. The van der Waals surface area contributed by atoms with Crippen LogP contribution in [0, 0.1) is 0 Å². The summed E-state index contributed by atoms with van der Waals surface area (Å²) in [4.78, 5) is 47.3. The van der Waals surface area contributed by atoms with Crippen LogP contribution in [0.5, 0.6) is 5.75 Å². The Balaban J connectivity index is 1.22. The van der Waals surface area contributed by atoms with Gasteiger partial charge in [0, 0.05) is 11.9 Å². The predicted octanol–water partition coefficient (Wildman–Crippen LogP) is 0.506. The average molecular weight is 776 g/mol. The van der Waals surface area contributed by atoms with E-state index in [0.717, 1.165) is 22.5 Å². The van der Waals surface area contributed by atoms with Gasteiger partial charge >= 0.3 is 16.4 Å². The summed E-state index contributed by atoms with van der Waals surface area (Å²) < 4.78 is 47.7. The molecule has 5 rings (SSSR count). The summed E-state index contributed by atoms with van der Waals surface area (Å²) in [5.41, 5.74) is 6.71. The van der Waals surface area contributed by atoms with Gasteiger partial charge in [0.25, 0.3) is 11.8 Å². The number of carbonyl (C=O) groups excluding carboxylic acids is 3. The van der Waals surface area contributed by atoms with E-state index < -0.39 is 52.0 Å². The van der Waals surface area contributed by atoms with Crippen LogP contribution in [-0.2, 0) is 43.1 Å². The number of hydrogen-bond acceptors (Lipinski definition) is 15. The van der Waals surface area contributed by atoms with Crippen molar-refractivity contribution in [2.45, 2.75) is 64.4 Å². The van der Waals surface area contributed by atoms with Gasteiger partial charge in [0.2, 0.25) is 18.1 Å². The van der Waals surface area contributed by atoms with Crippen molar-refractivity contribution in [3.8, 4) is 16.9 Å². The number of alkyl carbamates (subject to hydrolysis) is 1. The Morgan fingerprint density at radius 2 is 1.96 bits per heavy atom. The van der Waals surface area contributed by atoms with E-state index in [-0.39, 0.29) is 33.3 Å². The van der Waals surface area contributed by atoms with Crippen LogP contribution in [-0.4, -0.2) is 102 Å².